The summed E-state index contributed by atoms with van der Waals surface area (Å²) in [5, 5.41) is 0. The van der Waals surface area contributed by atoms with Crippen LogP contribution in [0, 0.1) is 6.92 Å². The van der Waals surface area contributed by atoms with Gasteiger partial charge in [0.2, 0.25) is 0 Å². The van der Waals surface area contributed by atoms with Gasteiger partial charge in [-0.15, -0.1) is 11.6 Å². The Morgan fingerprint density at radius 1 is 1.21 bits per heavy atom. The second kappa shape index (κ2) is 4.45. The van der Waals surface area contributed by atoms with E-state index in [9.17, 15) is 13.2 Å². The maximum absolute atomic E-state index is 12.1. The summed E-state index contributed by atoms with van der Waals surface area (Å²) in [5.74, 6) is 0. The molecule has 0 saturated carbocycles. The van der Waals surface area contributed by atoms with Gasteiger partial charge in [0.05, 0.1) is 0 Å². The van der Waals surface area contributed by atoms with Crippen LogP contribution in [0.1, 0.15) is 5.56 Å². The van der Waals surface area contributed by atoms with Gasteiger partial charge in [0.1, 0.15) is 0 Å². The standard InChI is InChI=1S/C9H8ClF3S/c1-6-2-4-7(5-3-6)14-8(10)9(11,12)13/h2-5,8H,1H3/t8-/m0/s1. The van der Waals surface area contributed by atoms with E-state index in [1.54, 1.807) is 24.3 Å². The van der Waals surface area contributed by atoms with E-state index in [1.807, 2.05) is 6.92 Å². The molecule has 0 aromatic heterocycles. The lowest BCUT2D eigenvalue weighted by Crippen LogP contribution is -2.19. The van der Waals surface area contributed by atoms with E-state index in [4.69, 9.17) is 11.6 Å². The number of halogens is 4. The van der Waals surface area contributed by atoms with Crippen LogP contribution in [0.4, 0.5) is 13.2 Å². The number of aryl methyl sites for hydroxylation is 1. The zero-order valence-electron chi connectivity index (χ0n) is 7.31. The summed E-state index contributed by atoms with van der Waals surface area (Å²) < 4.78 is 34.3. The van der Waals surface area contributed by atoms with Crippen LogP contribution in [-0.4, -0.2) is 10.9 Å². The van der Waals surface area contributed by atoms with Crippen molar-refractivity contribution in [3.63, 3.8) is 0 Å². The Hall–Kier alpha value is -0.350. The zero-order chi connectivity index (χ0) is 10.8. The molecule has 1 atom stereocenters. The molecule has 5 heteroatoms. The first-order valence-electron chi connectivity index (χ1n) is 3.84. The molecule has 0 fully saturated rings. The molecule has 0 N–H and O–H groups in total. The average Bonchev–Trinajstić information content (AvgIpc) is 2.07. The highest BCUT2D eigenvalue weighted by atomic mass is 35.5. The van der Waals surface area contributed by atoms with Gasteiger partial charge in [-0.1, -0.05) is 29.5 Å². The molecule has 0 unspecified atom stereocenters. The van der Waals surface area contributed by atoms with Gasteiger partial charge in [0.25, 0.3) is 0 Å². The van der Waals surface area contributed by atoms with E-state index in [0.29, 0.717) is 16.7 Å². The molecule has 0 heterocycles. The second-order valence-electron chi connectivity index (χ2n) is 2.79. The van der Waals surface area contributed by atoms with Crippen LogP contribution in [-0.2, 0) is 0 Å². The van der Waals surface area contributed by atoms with E-state index in [0.717, 1.165) is 5.56 Å². The minimum Gasteiger partial charge on any atom is -0.168 e. The molecule has 1 rings (SSSR count). The van der Waals surface area contributed by atoms with Gasteiger partial charge in [-0.25, -0.2) is 0 Å². The molecule has 0 spiro atoms. The SMILES string of the molecule is Cc1ccc(S[C@H](Cl)C(F)(F)F)cc1. The molecule has 0 nitrogen and oxygen atoms in total. The Morgan fingerprint density at radius 3 is 2.14 bits per heavy atom. The second-order valence-corrected chi connectivity index (χ2v) is 4.66. The minimum absolute atomic E-state index is 0.521. The fourth-order valence-electron chi connectivity index (χ4n) is 0.803. The summed E-state index contributed by atoms with van der Waals surface area (Å²) in [6.07, 6.45) is -4.36. The molecule has 0 saturated heterocycles. The van der Waals surface area contributed by atoms with Crippen molar-refractivity contribution in [3.8, 4) is 0 Å². The maximum Gasteiger partial charge on any atom is 0.414 e. The predicted molar refractivity (Wildman–Crippen MR) is 52.7 cm³/mol. The van der Waals surface area contributed by atoms with E-state index < -0.39 is 10.9 Å². The summed E-state index contributed by atoms with van der Waals surface area (Å²) in [6.45, 7) is 1.87. The summed E-state index contributed by atoms with van der Waals surface area (Å²) in [5.41, 5.74) is 1.01. The summed E-state index contributed by atoms with van der Waals surface area (Å²) in [6, 6.07) is 6.76. The van der Waals surface area contributed by atoms with Gasteiger partial charge in [0.15, 0.2) is 4.71 Å². The highest BCUT2D eigenvalue weighted by molar-refractivity contribution is 8.01. The highest BCUT2D eigenvalue weighted by Gasteiger charge is 2.38. The molecule has 1 aromatic carbocycles. The van der Waals surface area contributed by atoms with Crippen LogP contribution in [0.15, 0.2) is 29.2 Å². The van der Waals surface area contributed by atoms with Crippen LogP contribution >= 0.6 is 23.4 Å². The topological polar surface area (TPSA) is 0 Å². The van der Waals surface area contributed by atoms with E-state index >= 15 is 0 Å². The number of hydrogen-bond acceptors (Lipinski definition) is 1. The van der Waals surface area contributed by atoms with Gasteiger partial charge in [0, 0.05) is 4.90 Å². The molecule has 0 radical (unpaired) electrons. The van der Waals surface area contributed by atoms with Crippen molar-refractivity contribution in [2.45, 2.75) is 22.7 Å². The van der Waals surface area contributed by atoms with E-state index in [-0.39, 0.29) is 0 Å². The molecule has 0 aliphatic heterocycles. The van der Waals surface area contributed by atoms with Crippen LogP contribution in [0.3, 0.4) is 0 Å². The molecule has 0 aliphatic rings. The van der Waals surface area contributed by atoms with Crippen molar-refractivity contribution >= 4 is 23.4 Å². The van der Waals surface area contributed by atoms with Crippen molar-refractivity contribution in [1.82, 2.24) is 0 Å². The summed E-state index contributed by atoms with van der Waals surface area (Å²) in [4.78, 5) is 0.521. The van der Waals surface area contributed by atoms with Crippen molar-refractivity contribution in [1.29, 1.82) is 0 Å². The zero-order valence-corrected chi connectivity index (χ0v) is 8.88. The Morgan fingerprint density at radius 2 is 1.71 bits per heavy atom. The first-order valence-corrected chi connectivity index (χ1v) is 5.15. The highest BCUT2D eigenvalue weighted by Crippen LogP contribution is 2.37. The molecule has 14 heavy (non-hydrogen) atoms. The lowest BCUT2D eigenvalue weighted by atomic mass is 10.2. The summed E-state index contributed by atoms with van der Waals surface area (Å²) >= 11 is 5.77. The Balaban J connectivity index is 2.65. The van der Waals surface area contributed by atoms with Gasteiger partial charge >= 0.3 is 6.18 Å². The molecular formula is C9H8ClF3S. The van der Waals surface area contributed by atoms with Gasteiger partial charge in [-0.2, -0.15) is 13.2 Å². The van der Waals surface area contributed by atoms with Crippen molar-refractivity contribution in [2.75, 3.05) is 0 Å². The lowest BCUT2D eigenvalue weighted by Gasteiger charge is -2.12. The Kier molecular flexibility index (Phi) is 3.72. The van der Waals surface area contributed by atoms with Crippen LogP contribution in [0.2, 0.25) is 0 Å². The van der Waals surface area contributed by atoms with Crippen molar-refractivity contribution in [3.05, 3.63) is 29.8 Å². The quantitative estimate of drug-likeness (QED) is 0.551. The lowest BCUT2D eigenvalue weighted by molar-refractivity contribution is -0.113. The largest absolute Gasteiger partial charge is 0.414 e. The van der Waals surface area contributed by atoms with E-state index in [1.165, 1.54) is 0 Å². The Bertz CT molecular complexity index is 294. The molecule has 78 valence electrons. The fraction of sp³-hybridized carbons (Fsp3) is 0.333. The summed E-state index contributed by atoms with van der Waals surface area (Å²) in [7, 11) is 0. The van der Waals surface area contributed by atoms with Crippen LogP contribution in [0.25, 0.3) is 0 Å². The predicted octanol–water partition coefficient (Wildman–Crippen LogP) is 4.21. The normalized spacial score (nSPS) is 14.1. The smallest absolute Gasteiger partial charge is 0.168 e. The third-order valence-corrected chi connectivity index (χ3v) is 3.05. The number of alkyl halides is 4. The number of hydrogen-bond donors (Lipinski definition) is 0. The molecule has 1 aromatic rings. The first-order chi connectivity index (χ1) is 6.39. The molecular weight excluding hydrogens is 233 g/mol. The van der Waals surface area contributed by atoms with E-state index in [2.05, 4.69) is 0 Å². The van der Waals surface area contributed by atoms with Crippen LogP contribution in [0.5, 0.6) is 0 Å². The molecule has 0 aliphatic carbocycles. The van der Waals surface area contributed by atoms with Gasteiger partial charge in [-0.05, 0) is 19.1 Å². The minimum atomic E-state index is -4.36. The van der Waals surface area contributed by atoms with Crippen molar-refractivity contribution in [2.24, 2.45) is 0 Å². The molecule has 0 amide bonds. The van der Waals surface area contributed by atoms with Crippen molar-refractivity contribution < 1.29 is 13.2 Å². The monoisotopic (exact) mass is 240 g/mol. The van der Waals surface area contributed by atoms with Gasteiger partial charge in [-0.3, -0.25) is 0 Å². The number of benzene rings is 1. The number of thioether (sulfide) groups is 1. The Labute approximate surface area is 89.4 Å². The fourth-order valence-corrected chi connectivity index (χ4v) is 1.78. The first kappa shape index (κ1) is 11.7. The third kappa shape index (κ3) is 3.42. The van der Waals surface area contributed by atoms with Gasteiger partial charge < -0.3 is 0 Å². The molecule has 0 bridgehead atoms. The third-order valence-electron chi connectivity index (χ3n) is 1.52. The number of rotatable bonds is 2. The average molecular weight is 241 g/mol. The maximum atomic E-state index is 12.1. The van der Waals surface area contributed by atoms with Crippen LogP contribution < -0.4 is 0 Å².